The number of rotatable bonds is 5. The molecule has 0 saturated carbocycles. The second kappa shape index (κ2) is 5.35. The number of hydrogen-bond donors (Lipinski definition) is 1. The highest BCUT2D eigenvalue weighted by Gasteiger charge is 2.06. The summed E-state index contributed by atoms with van der Waals surface area (Å²) in [5.41, 5.74) is -0.112. The molecule has 0 aliphatic rings. The summed E-state index contributed by atoms with van der Waals surface area (Å²) >= 11 is 0. The van der Waals surface area contributed by atoms with Gasteiger partial charge in [-0.05, 0) is 6.42 Å². The predicted octanol–water partition coefficient (Wildman–Crippen LogP) is 0.970. The van der Waals surface area contributed by atoms with Gasteiger partial charge in [0.05, 0.1) is 5.57 Å². The summed E-state index contributed by atoms with van der Waals surface area (Å²) in [6.07, 6.45) is 1.01. The van der Waals surface area contributed by atoms with Gasteiger partial charge in [-0.15, -0.1) is 0 Å². The van der Waals surface area contributed by atoms with Crippen molar-refractivity contribution in [3.63, 3.8) is 0 Å². The molecule has 4 nitrogen and oxygen atoms in total. The van der Waals surface area contributed by atoms with Crippen molar-refractivity contribution in [2.45, 2.75) is 19.8 Å². The van der Waals surface area contributed by atoms with Crippen LogP contribution in [0.15, 0.2) is 12.2 Å². The monoisotopic (exact) mass is 172 g/mol. The Labute approximate surface area is 70.8 Å². The molecule has 0 fully saturated rings. The number of carboxylic acid groups (broad SMARTS) is 1. The molecule has 0 aliphatic carbocycles. The molecule has 0 spiro atoms. The Kier molecular flexibility index (Phi) is 4.76. The van der Waals surface area contributed by atoms with E-state index in [0.717, 1.165) is 0 Å². The lowest BCUT2D eigenvalue weighted by atomic mass is 10.3. The van der Waals surface area contributed by atoms with Crippen molar-refractivity contribution in [1.29, 1.82) is 0 Å². The summed E-state index contributed by atoms with van der Waals surface area (Å²) < 4.78 is 4.59. The van der Waals surface area contributed by atoms with Crippen LogP contribution < -0.4 is 0 Å². The fraction of sp³-hybridized carbons (Fsp3) is 0.500. The van der Waals surface area contributed by atoms with Crippen LogP contribution in [0.25, 0.3) is 0 Å². The largest absolute Gasteiger partial charge is 0.478 e. The van der Waals surface area contributed by atoms with Crippen molar-refractivity contribution in [2.24, 2.45) is 0 Å². The van der Waals surface area contributed by atoms with Crippen molar-refractivity contribution < 1.29 is 19.4 Å². The van der Waals surface area contributed by atoms with Crippen molar-refractivity contribution in [3.05, 3.63) is 12.2 Å². The van der Waals surface area contributed by atoms with Gasteiger partial charge in [0.1, 0.15) is 6.61 Å². The molecule has 0 aromatic carbocycles. The highest BCUT2D eigenvalue weighted by atomic mass is 16.5. The van der Waals surface area contributed by atoms with Crippen LogP contribution in [0.2, 0.25) is 0 Å². The van der Waals surface area contributed by atoms with Gasteiger partial charge >= 0.3 is 11.9 Å². The maximum absolute atomic E-state index is 10.7. The van der Waals surface area contributed by atoms with Crippen molar-refractivity contribution >= 4 is 11.9 Å². The minimum Gasteiger partial charge on any atom is -0.478 e. The zero-order valence-electron chi connectivity index (χ0n) is 7.00. The lowest BCUT2D eigenvalue weighted by Crippen LogP contribution is -2.11. The predicted molar refractivity (Wildman–Crippen MR) is 42.6 cm³/mol. The van der Waals surface area contributed by atoms with Gasteiger partial charge < -0.3 is 9.84 Å². The van der Waals surface area contributed by atoms with Gasteiger partial charge in [0, 0.05) is 6.42 Å². The van der Waals surface area contributed by atoms with Crippen LogP contribution in [0.1, 0.15) is 19.8 Å². The normalized spacial score (nSPS) is 9.08. The van der Waals surface area contributed by atoms with E-state index in [1.807, 2.05) is 6.92 Å². The van der Waals surface area contributed by atoms with Gasteiger partial charge in [-0.2, -0.15) is 0 Å². The number of carbonyl (C=O) groups is 2. The van der Waals surface area contributed by atoms with Crippen LogP contribution in [-0.2, 0) is 14.3 Å². The minimum absolute atomic E-state index is 0.112. The van der Waals surface area contributed by atoms with Gasteiger partial charge in [-0.3, -0.25) is 4.79 Å². The van der Waals surface area contributed by atoms with Gasteiger partial charge in [-0.25, -0.2) is 4.79 Å². The van der Waals surface area contributed by atoms with E-state index in [-0.39, 0.29) is 18.1 Å². The molecule has 0 rings (SSSR count). The number of ether oxygens (including phenoxy) is 1. The van der Waals surface area contributed by atoms with E-state index in [9.17, 15) is 9.59 Å². The first-order valence-electron chi connectivity index (χ1n) is 3.64. The molecule has 12 heavy (non-hydrogen) atoms. The molecule has 0 bridgehead atoms. The van der Waals surface area contributed by atoms with Crippen LogP contribution in [0.3, 0.4) is 0 Å². The Morgan fingerprint density at radius 1 is 1.50 bits per heavy atom. The topological polar surface area (TPSA) is 63.6 Å². The molecule has 0 amide bonds. The lowest BCUT2D eigenvalue weighted by Gasteiger charge is -2.02. The average Bonchev–Trinajstić information content (AvgIpc) is 2.00. The van der Waals surface area contributed by atoms with Crippen LogP contribution in [0, 0.1) is 0 Å². The lowest BCUT2D eigenvalue weighted by molar-refractivity contribution is -0.143. The zero-order chi connectivity index (χ0) is 9.56. The zero-order valence-corrected chi connectivity index (χ0v) is 7.00. The van der Waals surface area contributed by atoms with E-state index in [0.29, 0.717) is 12.8 Å². The number of carbonyl (C=O) groups excluding carboxylic acids is 1. The summed E-state index contributed by atoms with van der Waals surface area (Å²) in [5, 5.41) is 8.33. The Hall–Kier alpha value is -1.32. The molecular weight excluding hydrogens is 160 g/mol. The number of aliphatic carboxylic acids is 1. The average molecular weight is 172 g/mol. The molecule has 0 atom stereocenters. The molecule has 4 heteroatoms. The van der Waals surface area contributed by atoms with Gasteiger partial charge in [-0.1, -0.05) is 13.5 Å². The van der Waals surface area contributed by atoms with E-state index >= 15 is 0 Å². The second-order valence-electron chi connectivity index (χ2n) is 2.32. The van der Waals surface area contributed by atoms with E-state index in [1.54, 1.807) is 0 Å². The van der Waals surface area contributed by atoms with E-state index in [2.05, 4.69) is 11.3 Å². The van der Waals surface area contributed by atoms with Gasteiger partial charge in [0.2, 0.25) is 0 Å². The SMILES string of the molecule is C=C(COC(=O)CCC)C(=O)O. The Morgan fingerprint density at radius 2 is 2.08 bits per heavy atom. The van der Waals surface area contributed by atoms with Gasteiger partial charge in [0.15, 0.2) is 0 Å². The fourth-order valence-corrected chi connectivity index (χ4v) is 0.506. The van der Waals surface area contributed by atoms with Crippen LogP contribution in [-0.4, -0.2) is 23.7 Å². The minimum atomic E-state index is -1.14. The first kappa shape index (κ1) is 10.7. The first-order valence-corrected chi connectivity index (χ1v) is 3.64. The summed E-state index contributed by atoms with van der Waals surface area (Å²) in [4.78, 5) is 20.9. The molecule has 0 heterocycles. The second-order valence-corrected chi connectivity index (χ2v) is 2.32. The quantitative estimate of drug-likeness (QED) is 0.495. The molecule has 0 radical (unpaired) electrons. The summed E-state index contributed by atoms with van der Waals surface area (Å²) in [6, 6.07) is 0. The third-order valence-electron chi connectivity index (χ3n) is 1.16. The first-order chi connectivity index (χ1) is 5.57. The Balaban J connectivity index is 3.61. The van der Waals surface area contributed by atoms with Crippen LogP contribution in [0.4, 0.5) is 0 Å². The third kappa shape index (κ3) is 4.49. The molecule has 1 N–H and O–H groups in total. The summed E-state index contributed by atoms with van der Waals surface area (Å²) in [7, 11) is 0. The summed E-state index contributed by atoms with van der Waals surface area (Å²) in [5.74, 6) is -1.53. The molecule has 68 valence electrons. The van der Waals surface area contributed by atoms with Crippen LogP contribution in [0.5, 0.6) is 0 Å². The highest BCUT2D eigenvalue weighted by Crippen LogP contribution is 1.95. The smallest absolute Gasteiger partial charge is 0.334 e. The molecule has 0 aromatic heterocycles. The number of hydrogen-bond acceptors (Lipinski definition) is 3. The van der Waals surface area contributed by atoms with E-state index in [1.165, 1.54) is 0 Å². The number of carboxylic acids is 1. The molecule has 0 unspecified atom stereocenters. The van der Waals surface area contributed by atoms with Gasteiger partial charge in [0.25, 0.3) is 0 Å². The van der Waals surface area contributed by atoms with Crippen molar-refractivity contribution in [3.8, 4) is 0 Å². The Bertz CT molecular complexity index is 195. The summed E-state index contributed by atoms with van der Waals surface area (Å²) in [6.45, 7) is 4.82. The van der Waals surface area contributed by atoms with E-state index in [4.69, 9.17) is 5.11 Å². The highest BCUT2D eigenvalue weighted by molar-refractivity contribution is 5.86. The molecule has 0 saturated heterocycles. The van der Waals surface area contributed by atoms with Crippen molar-refractivity contribution in [2.75, 3.05) is 6.61 Å². The van der Waals surface area contributed by atoms with Crippen LogP contribution >= 0.6 is 0 Å². The fourth-order valence-electron chi connectivity index (χ4n) is 0.506. The van der Waals surface area contributed by atoms with Crippen molar-refractivity contribution in [1.82, 2.24) is 0 Å². The standard InChI is InChI=1S/C8H12O4/c1-3-4-7(9)12-5-6(2)8(10)11/h2-5H2,1H3,(H,10,11). The third-order valence-corrected chi connectivity index (χ3v) is 1.16. The maximum atomic E-state index is 10.7. The maximum Gasteiger partial charge on any atom is 0.334 e. The molecule has 0 aliphatic heterocycles. The molecular formula is C8H12O4. The van der Waals surface area contributed by atoms with E-state index < -0.39 is 5.97 Å². The number of esters is 1. The Morgan fingerprint density at radius 3 is 2.50 bits per heavy atom. The molecule has 0 aromatic rings.